The molecule has 1 aliphatic heterocycles. The minimum atomic E-state index is -0.658. The molecule has 1 aliphatic rings. The maximum atomic E-state index is 13.4. The number of hydrogen-bond donors (Lipinski definition) is 2. The van der Waals surface area contributed by atoms with Crippen molar-refractivity contribution in [2.24, 2.45) is 11.8 Å². The number of benzene rings is 3. The monoisotopic (exact) mass is 554 g/mol. The average molecular weight is 555 g/mol. The third-order valence-corrected chi connectivity index (χ3v) is 7.29. The van der Waals surface area contributed by atoms with Crippen LogP contribution in [0.5, 0.6) is 0 Å². The van der Waals surface area contributed by atoms with Crippen LogP contribution in [0, 0.1) is 11.8 Å². The fourth-order valence-electron chi connectivity index (χ4n) is 4.99. The van der Waals surface area contributed by atoms with Crippen LogP contribution in [0.15, 0.2) is 103 Å². The molecule has 0 saturated heterocycles. The summed E-state index contributed by atoms with van der Waals surface area (Å²) in [6.07, 6.45) is 4.50. The van der Waals surface area contributed by atoms with E-state index in [1.807, 2.05) is 103 Å². The van der Waals surface area contributed by atoms with E-state index < -0.39 is 12.0 Å². The normalized spacial score (nSPS) is 19.8. The zero-order valence-corrected chi connectivity index (χ0v) is 23.2. The number of carbonyl (C=O) groups excluding carboxylic acids is 3. The molecule has 0 fully saturated rings. The van der Waals surface area contributed by atoms with E-state index in [-0.39, 0.29) is 49.8 Å². The molecule has 0 saturated carbocycles. The molecule has 0 spiro atoms. The van der Waals surface area contributed by atoms with Gasteiger partial charge in [0.15, 0.2) is 0 Å². The molecule has 3 aromatic carbocycles. The van der Waals surface area contributed by atoms with Gasteiger partial charge in [-0.25, -0.2) is 0 Å². The number of nitrogens with one attached hydrogen (secondary N) is 1. The molecule has 214 valence electrons. The van der Waals surface area contributed by atoms with Crippen molar-refractivity contribution >= 4 is 17.8 Å². The first-order valence-corrected chi connectivity index (χ1v) is 14.2. The van der Waals surface area contributed by atoms with Crippen molar-refractivity contribution in [3.05, 3.63) is 120 Å². The zero-order chi connectivity index (χ0) is 28.9. The van der Waals surface area contributed by atoms with Gasteiger partial charge in [-0.2, -0.15) is 0 Å². The number of amides is 2. The quantitative estimate of drug-likeness (QED) is 0.297. The van der Waals surface area contributed by atoms with Crippen LogP contribution >= 0.6 is 0 Å². The van der Waals surface area contributed by atoms with Gasteiger partial charge >= 0.3 is 5.97 Å². The second kappa shape index (κ2) is 15.5. The summed E-state index contributed by atoms with van der Waals surface area (Å²) in [6.45, 7) is 0.483. The summed E-state index contributed by atoms with van der Waals surface area (Å²) in [6, 6.07) is 28.8. The molecule has 2 amide bonds. The SMILES string of the molecule is O=C1NC[C@@H](c2ccccc2)OC(=O)[C@@H](Cc2ccccc2)CC=CC[C@@H]1CC(=O)N(CCO)Cc1ccccc1. The minimum absolute atomic E-state index is 0.00619. The lowest BCUT2D eigenvalue weighted by molar-refractivity contribution is -0.155. The molecular formula is C34H38N2O5. The van der Waals surface area contributed by atoms with E-state index in [9.17, 15) is 19.5 Å². The first-order valence-electron chi connectivity index (χ1n) is 14.2. The predicted molar refractivity (Wildman–Crippen MR) is 157 cm³/mol. The fraction of sp³-hybridized carbons (Fsp3) is 0.324. The number of esters is 1. The molecule has 7 nitrogen and oxygen atoms in total. The van der Waals surface area contributed by atoms with Gasteiger partial charge in [-0.05, 0) is 36.0 Å². The Kier molecular flexibility index (Phi) is 11.3. The van der Waals surface area contributed by atoms with Crippen molar-refractivity contribution in [1.82, 2.24) is 10.2 Å². The van der Waals surface area contributed by atoms with E-state index in [1.165, 1.54) is 0 Å². The van der Waals surface area contributed by atoms with E-state index in [0.717, 1.165) is 16.7 Å². The second-order valence-corrected chi connectivity index (χ2v) is 10.3. The summed E-state index contributed by atoms with van der Waals surface area (Å²) in [5, 5.41) is 12.5. The Morgan fingerprint density at radius 3 is 2.05 bits per heavy atom. The Bertz CT molecular complexity index is 1280. The second-order valence-electron chi connectivity index (χ2n) is 10.3. The van der Waals surface area contributed by atoms with Crippen molar-refractivity contribution in [2.45, 2.75) is 38.3 Å². The fourth-order valence-corrected chi connectivity index (χ4v) is 4.99. The third-order valence-electron chi connectivity index (χ3n) is 7.29. The Balaban J connectivity index is 1.53. The van der Waals surface area contributed by atoms with Crippen LogP contribution in [0.1, 0.15) is 42.1 Å². The van der Waals surface area contributed by atoms with Crippen molar-refractivity contribution in [2.75, 3.05) is 19.7 Å². The molecule has 4 rings (SSSR count). The number of carbonyl (C=O) groups is 3. The highest BCUT2D eigenvalue weighted by Crippen LogP contribution is 2.24. The Hall–Kier alpha value is -4.23. The highest BCUT2D eigenvalue weighted by Gasteiger charge is 2.28. The Labute approximate surface area is 241 Å². The molecule has 0 unspecified atom stereocenters. The van der Waals surface area contributed by atoms with Crippen LogP contribution in [0.3, 0.4) is 0 Å². The van der Waals surface area contributed by atoms with Gasteiger partial charge in [0.2, 0.25) is 11.8 Å². The van der Waals surface area contributed by atoms with Crippen molar-refractivity contribution < 1.29 is 24.2 Å². The number of allylic oxidation sites excluding steroid dienone is 2. The van der Waals surface area contributed by atoms with Crippen LogP contribution in [0.25, 0.3) is 0 Å². The molecule has 0 bridgehead atoms. The molecule has 2 N–H and O–H groups in total. The summed E-state index contributed by atoms with van der Waals surface area (Å²) < 4.78 is 6.00. The number of hydrogen-bond acceptors (Lipinski definition) is 5. The van der Waals surface area contributed by atoms with Gasteiger partial charge in [-0.1, -0.05) is 103 Å². The molecular weight excluding hydrogens is 516 g/mol. The van der Waals surface area contributed by atoms with E-state index in [2.05, 4.69) is 5.32 Å². The minimum Gasteiger partial charge on any atom is -0.455 e. The van der Waals surface area contributed by atoms with Crippen molar-refractivity contribution in [3.8, 4) is 0 Å². The van der Waals surface area contributed by atoms with E-state index >= 15 is 0 Å². The van der Waals surface area contributed by atoms with Crippen molar-refractivity contribution in [3.63, 3.8) is 0 Å². The molecule has 0 aromatic heterocycles. The largest absolute Gasteiger partial charge is 0.455 e. The smallest absolute Gasteiger partial charge is 0.310 e. The van der Waals surface area contributed by atoms with Crippen molar-refractivity contribution in [1.29, 1.82) is 0 Å². The third kappa shape index (κ3) is 9.15. The molecule has 7 heteroatoms. The number of rotatable bonds is 9. The van der Waals surface area contributed by atoms with E-state index in [1.54, 1.807) is 4.90 Å². The molecule has 0 radical (unpaired) electrons. The summed E-state index contributed by atoms with van der Waals surface area (Å²) in [4.78, 5) is 41.7. The number of aliphatic hydroxyl groups is 1. The van der Waals surface area contributed by atoms with Gasteiger partial charge in [0.25, 0.3) is 0 Å². The summed E-state index contributed by atoms with van der Waals surface area (Å²) in [5.74, 6) is -1.77. The van der Waals surface area contributed by atoms with Crippen LogP contribution in [-0.2, 0) is 32.1 Å². The zero-order valence-electron chi connectivity index (χ0n) is 23.2. The lowest BCUT2D eigenvalue weighted by Gasteiger charge is -2.26. The van der Waals surface area contributed by atoms with Gasteiger partial charge < -0.3 is 20.1 Å². The molecule has 1 heterocycles. The number of aliphatic hydroxyl groups excluding tert-OH is 1. The molecule has 41 heavy (non-hydrogen) atoms. The van der Waals surface area contributed by atoms with Crippen LogP contribution in [0.4, 0.5) is 0 Å². The van der Waals surface area contributed by atoms with Gasteiger partial charge in [0.1, 0.15) is 6.10 Å². The number of nitrogens with zero attached hydrogens (tertiary/aromatic N) is 1. The molecule has 3 atom stereocenters. The average Bonchev–Trinajstić information content (AvgIpc) is 3.00. The summed E-state index contributed by atoms with van der Waals surface area (Å²) in [5.41, 5.74) is 2.79. The van der Waals surface area contributed by atoms with Gasteiger partial charge in [-0.15, -0.1) is 0 Å². The van der Waals surface area contributed by atoms with E-state index in [0.29, 0.717) is 25.8 Å². The first-order chi connectivity index (χ1) is 20.0. The molecule has 3 aromatic rings. The van der Waals surface area contributed by atoms with E-state index in [4.69, 9.17) is 4.74 Å². The molecule has 0 aliphatic carbocycles. The number of ether oxygens (including phenoxy) is 1. The first kappa shape index (κ1) is 29.7. The number of cyclic esters (lactones) is 1. The highest BCUT2D eigenvalue weighted by atomic mass is 16.5. The van der Waals surface area contributed by atoms with Crippen LogP contribution < -0.4 is 5.32 Å². The maximum absolute atomic E-state index is 13.4. The lowest BCUT2D eigenvalue weighted by atomic mass is 9.94. The highest BCUT2D eigenvalue weighted by molar-refractivity contribution is 5.86. The Morgan fingerprint density at radius 2 is 1.41 bits per heavy atom. The Morgan fingerprint density at radius 1 is 0.829 bits per heavy atom. The lowest BCUT2D eigenvalue weighted by Crippen LogP contribution is -2.40. The summed E-state index contributed by atoms with van der Waals surface area (Å²) >= 11 is 0. The van der Waals surface area contributed by atoms with Gasteiger partial charge in [0, 0.05) is 19.5 Å². The van der Waals surface area contributed by atoms with Gasteiger partial charge in [-0.3, -0.25) is 14.4 Å². The topological polar surface area (TPSA) is 95.9 Å². The summed E-state index contributed by atoms with van der Waals surface area (Å²) in [7, 11) is 0. The van der Waals surface area contributed by atoms with Crippen LogP contribution in [-0.4, -0.2) is 47.5 Å². The van der Waals surface area contributed by atoms with Crippen LogP contribution in [0.2, 0.25) is 0 Å². The standard InChI is InChI=1S/C34H38N2O5/c37-21-20-36(25-27-14-6-2-7-15-27)32(38)23-29-18-10-11-19-30(22-26-12-4-1-5-13-26)34(40)41-31(24-35-33(29)39)28-16-8-3-9-17-28/h1-17,29-31,37H,18-25H2,(H,35,39)/t29-,30-,31+/m1/s1. The van der Waals surface area contributed by atoms with Gasteiger partial charge in [0.05, 0.1) is 25.0 Å². The predicted octanol–water partition coefficient (Wildman–Crippen LogP) is 4.62. The maximum Gasteiger partial charge on any atom is 0.310 e.